The Morgan fingerprint density at radius 2 is 1.96 bits per heavy atom. The maximum absolute atomic E-state index is 12.7. The highest BCUT2D eigenvalue weighted by atomic mass is 35.5. The van der Waals surface area contributed by atoms with Crippen LogP contribution >= 0.6 is 11.6 Å². The Morgan fingerprint density at radius 1 is 1.28 bits per heavy atom. The van der Waals surface area contributed by atoms with Gasteiger partial charge in [-0.1, -0.05) is 23.7 Å². The van der Waals surface area contributed by atoms with Crippen LogP contribution in [0.4, 0.5) is 18.9 Å². The Bertz CT molecular complexity index is 821. The fourth-order valence-electron chi connectivity index (χ4n) is 2.68. The van der Waals surface area contributed by atoms with Gasteiger partial charge < -0.3 is 9.64 Å². The number of halogens is 4. The molecular formula is C16H15ClF3N3O2. The fourth-order valence-corrected chi connectivity index (χ4v) is 2.97. The average molecular weight is 374 g/mol. The quantitative estimate of drug-likeness (QED) is 0.812. The lowest BCUT2D eigenvalue weighted by Gasteiger charge is -2.34. The van der Waals surface area contributed by atoms with E-state index >= 15 is 0 Å². The van der Waals surface area contributed by atoms with Crippen molar-refractivity contribution in [3.05, 3.63) is 57.0 Å². The molecule has 3 rings (SSSR count). The second-order valence-electron chi connectivity index (χ2n) is 5.70. The normalized spacial score (nSPS) is 18.4. The highest BCUT2D eigenvalue weighted by molar-refractivity contribution is 6.33. The van der Waals surface area contributed by atoms with Gasteiger partial charge in [-0.05, 0) is 17.7 Å². The highest BCUT2D eigenvalue weighted by Crippen LogP contribution is 2.32. The number of aromatic nitrogens is 2. The molecule has 0 radical (unpaired) electrons. The third-order valence-corrected chi connectivity index (χ3v) is 4.43. The Hall–Kier alpha value is -2.06. The van der Waals surface area contributed by atoms with Crippen LogP contribution < -0.4 is 10.5 Å². The molecule has 1 aliphatic rings. The van der Waals surface area contributed by atoms with Crippen LogP contribution in [0.25, 0.3) is 0 Å². The number of benzene rings is 1. The van der Waals surface area contributed by atoms with Gasteiger partial charge in [0.15, 0.2) is 0 Å². The van der Waals surface area contributed by atoms with E-state index in [2.05, 4.69) is 5.10 Å². The summed E-state index contributed by atoms with van der Waals surface area (Å²) in [5.74, 6) is 0. The smallest absolute Gasteiger partial charge is 0.370 e. The van der Waals surface area contributed by atoms with E-state index in [1.807, 2.05) is 4.90 Å². The zero-order chi connectivity index (χ0) is 18.2. The first kappa shape index (κ1) is 17.8. The van der Waals surface area contributed by atoms with Crippen LogP contribution in [0, 0.1) is 0 Å². The Morgan fingerprint density at radius 3 is 2.60 bits per heavy atom. The van der Waals surface area contributed by atoms with Crippen molar-refractivity contribution in [2.75, 3.05) is 24.6 Å². The highest BCUT2D eigenvalue weighted by Gasteiger charge is 2.31. The first-order chi connectivity index (χ1) is 11.8. The van der Waals surface area contributed by atoms with E-state index in [0.29, 0.717) is 30.9 Å². The number of rotatable bonds is 2. The molecule has 1 saturated heterocycles. The molecule has 25 heavy (non-hydrogen) atoms. The predicted octanol–water partition coefficient (Wildman–Crippen LogP) is 3.03. The van der Waals surface area contributed by atoms with Crippen LogP contribution in [-0.4, -0.2) is 29.5 Å². The van der Waals surface area contributed by atoms with Crippen molar-refractivity contribution in [3.8, 4) is 0 Å². The Kier molecular flexibility index (Phi) is 4.75. The van der Waals surface area contributed by atoms with Gasteiger partial charge in [0.2, 0.25) is 0 Å². The largest absolute Gasteiger partial charge is 0.416 e. The summed E-state index contributed by atoms with van der Waals surface area (Å²) in [5, 5.41) is 4.02. The molecule has 0 spiro atoms. The summed E-state index contributed by atoms with van der Waals surface area (Å²) in [6.45, 7) is 1.23. The van der Waals surface area contributed by atoms with Crippen LogP contribution in [0.15, 0.2) is 35.3 Å². The molecule has 0 aliphatic carbocycles. The summed E-state index contributed by atoms with van der Waals surface area (Å²) in [5.41, 5.74) is 0.00930. The van der Waals surface area contributed by atoms with Gasteiger partial charge in [-0.3, -0.25) is 4.79 Å². The van der Waals surface area contributed by atoms with Crippen LogP contribution in [-0.2, 0) is 18.0 Å². The number of morpholine rings is 1. The molecule has 1 atom stereocenters. The van der Waals surface area contributed by atoms with Crippen molar-refractivity contribution in [1.29, 1.82) is 0 Å². The van der Waals surface area contributed by atoms with E-state index < -0.39 is 23.4 Å². The van der Waals surface area contributed by atoms with Crippen molar-refractivity contribution < 1.29 is 17.9 Å². The number of anilines is 1. The lowest BCUT2D eigenvalue weighted by atomic mass is 10.0. The van der Waals surface area contributed by atoms with E-state index in [9.17, 15) is 18.0 Å². The lowest BCUT2D eigenvalue weighted by molar-refractivity contribution is -0.137. The number of alkyl halides is 3. The first-order valence-electron chi connectivity index (χ1n) is 7.53. The molecule has 2 aromatic rings. The van der Waals surface area contributed by atoms with Crippen LogP contribution in [0.3, 0.4) is 0 Å². The zero-order valence-electron chi connectivity index (χ0n) is 13.3. The van der Waals surface area contributed by atoms with Gasteiger partial charge in [-0.15, -0.1) is 0 Å². The molecule has 0 saturated carbocycles. The third kappa shape index (κ3) is 3.64. The Balaban J connectivity index is 1.82. The van der Waals surface area contributed by atoms with E-state index in [0.717, 1.165) is 16.8 Å². The number of hydrogen-bond donors (Lipinski definition) is 0. The summed E-state index contributed by atoms with van der Waals surface area (Å²) >= 11 is 6.12. The lowest BCUT2D eigenvalue weighted by Crippen LogP contribution is -2.39. The summed E-state index contributed by atoms with van der Waals surface area (Å²) in [6.07, 6.45) is -3.30. The monoisotopic (exact) mass is 373 g/mol. The van der Waals surface area contributed by atoms with Gasteiger partial charge in [-0.25, -0.2) is 4.68 Å². The van der Waals surface area contributed by atoms with E-state index in [4.69, 9.17) is 16.3 Å². The van der Waals surface area contributed by atoms with E-state index in [-0.39, 0.29) is 5.02 Å². The molecule has 2 heterocycles. The topological polar surface area (TPSA) is 47.4 Å². The summed E-state index contributed by atoms with van der Waals surface area (Å²) in [6, 6.07) is 4.87. The second kappa shape index (κ2) is 6.68. The number of nitrogens with zero attached hydrogens (tertiary/aromatic N) is 3. The molecule has 0 amide bonds. The molecule has 134 valence electrons. The molecule has 1 fully saturated rings. The van der Waals surface area contributed by atoms with Crippen molar-refractivity contribution in [2.45, 2.75) is 12.3 Å². The van der Waals surface area contributed by atoms with Gasteiger partial charge in [0.25, 0.3) is 5.56 Å². The Labute approximate surface area is 146 Å². The number of aryl methyl sites for hydroxylation is 1. The van der Waals surface area contributed by atoms with Crippen molar-refractivity contribution in [3.63, 3.8) is 0 Å². The molecule has 1 aliphatic heterocycles. The van der Waals surface area contributed by atoms with Gasteiger partial charge in [0.1, 0.15) is 11.1 Å². The molecule has 1 aromatic heterocycles. The number of ether oxygens (including phenoxy) is 1. The van der Waals surface area contributed by atoms with Crippen molar-refractivity contribution >= 4 is 17.3 Å². The average Bonchev–Trinajstić information content (AvgIpc) is 2.59. The maximum atomic E-state index is 12.7. The van der Waals surface area contributed by atoms with Crippen LogP contribution in [0.1, 0.15) is 17.2 Å². The van der Waals surface area contributed by atoms with Crippen LogP contribution in [0.5, 0.6) is 0 Å². The van der Waals surface area contributed by atoms with Gasteiger partial charge in [-0.2, -0.15) is 18.3 Å². The molecule has 1 unspecified atom stereocenters. The molecule has 5 nitrogen and oxygen atoms in total. The first-order valence-corrected chi connectivity index (χ1v) is 7.90. The van der Waals surface area contributed by atoms with Gasteiger partial charge in [0, 0.05) is 20.1 Å². The van der Waals surface area contributed by atoms with Gasteiger partial charge >= 0.3 is 6.18 Å². The minimum Gasteiger partial charge on any atom is -0.370 e. The predicted molar refractivity (Wildman–Crippen MR) is 86.8 cm³/mol. The molecule has 1 aromatic carbocycles. The molecule has 0 N–H and O–H groups in total. The third-order valence-electron chi connectivity index (χ3n) is 4.08. The summed E-state index contributed by atoms with van der Waals surface area (Å²) < 4.78 is 44.8. The van der Waals surface area contributed by atoms with Crippen molar-refractivity contribution in [1.82, 2.24) is 9.78 Å². The van der Waals surface area contributed by atoms with Crippen LogP contribution in [0.2, 0.25) is 5.02 Å². The summed E-state index contributed by atoms with van der Waals surface area (Å²) in [4.78, 5) is 13.8. The van der Waals surface area contributed by atoms with E-state index in [1.165, 1.54) is 25.4 Å². The van der Waals surface area contributed by atoms with Gasteiger partial charge in [0.05, 0.1) is 24.1 Å². The standard InChI is InChI=1S/C16H15ClF3N3O2/c1-22-15(24)14(17)12(8-21-22)23-6-7-25-13(9-23)10-2-4-11(5-3-10)16(18,19)20/h2-5,8,13H,6-7,9H2,1H3. The van der Waals surface area contributed by atoms with Crippen molar-refractivity contribution in [2.24, 2.45) is 7.05 Å². The maximum Gasteiger partial charge on any atom is 0.416 e. The molecule has 9 heteroatoms. The number of hydrogen-bond acceptors (Lipinski definition) is 4. The minimum atomic E-state index is -4.37. The molecule has 0 bridgehead atoms. The fraction of sp³-hybridized carbons (Fsp3) is 0.375. The molecular weight excluding hydrogens is 359 g/mol. The summed E-state index contributed by atoms with van der Waals surface area (Å²) in [7, 11) is 1.50. The SMILES string of the molecule is Cn1ncc(N2CCOC(c3ccc(C(F)(F)F)cc3)C2)c(Cl)c1=O. The second-order valence-corrected chi connectivity index (χ2v) is 6.08. The van der Waals surface area contributed by atoms with E-state index in [1.54, 1.807) is 0 Å². The zero-order valence-corrected chi connectivity index (χ0v) is 14.0. The minimum absolute atomic E-state index is 0.0607.